The SMILES string of the molecule is CCCCCCCCCCCCCCCCOCC(C[N+](C)(C)CCO)OC(C)=O. The van der Waals surface area contributed by atoms with Crippen molar-refractivity contribution in [2.45, 2.75) is 110 Å². The molecular formula is C25H52NO4+. The van der Waals surface area contributed by atoms with Gasteiger partial charge < -0.3 is 19.1 Å². The van der Waals surface area contributed by atoms with Crippen molar-refractivity contribution >= 4 is 5.97 Å². The summed E-state index contributed by atoms with van der Waals surface area (Å²) < 4.78 is 11.8. The minimum Gasteiger partial charge on any atom is -0.454 e. The number of nitrogens with zero attached hydrogens (tertiary/aromatic N) is 1. The number of unbranched alkanes of at least 4 members (excludes halogenated alkanes) is 13. The highest BCUT2D eigenvalue weighted by Gasteiger charge is 2.24. The highest BCUT2D eigenvalue weighted by molar-refractivity contribution is 5.66. The maximum Gasteiger partial charge on any atom is 0.303 e. The number of esters is 1. The van der Waals surface area contributed by atoms with Gasteiger partial charge in [-0.2, -0.15) is 0 Å². The molecule has 0 aliphatic heterocycles. The van der Waals surface area contributed by atoms with E-state index in [0.29, 0.717) is 24.2 Å². The summed E-state index contributed by atoms with van der Waals surface area (Å²) in [6, 6.07) is 0. The van der Waals surface area contributed by atoms with E-state index in [1.165, 1.54) is 90.4 Å². The van der Waals surface area contributed by atoms with E-state index >= 15 is 0 Å². The first-order chi connectivity index (χ1) is 14.4. The molecule has 1 unspecified atom stereocenters. The summed E-state index contributed by atoms with van der Waals surface area (Å²) in [6.45, 7) is 6.28. The minimum atomic E-state index is -0.274. The van der Waals surface area contributed by atoms with Gasteiger partial charge >= 0.3 is 5.97 Å². The van der Waals surface area contributed by atoms with Crippen LogP contribution in [0.2, 0.25) is 0 Å². The van der Waals surface area contributed by atoms with Gasteiger partial charge in [-0.25, -0.2) is 0 Å². The van der Waals surface area contributed by atoms with Crippen LogP contribution in [-0.4, -0.2) is 68.7 Å². The molecule has 0 aromatic rings. The molecule has 0 saturated heterocycles. The monoisotopic (exact) mass is 430 g/mol. The summed E-state index contributed by atoms with van der Waals surface area (Å²) >= 11 is 0. The smallest absolute Gasteiger partial charge is 0.303 e. The number of aliphatic hydroxyl groups is 1. The largest absolute Gasteiger partial charge is 0.454 e. The Bertz CT molecular complexity index is 387. The van der Waals surface area contributed by atoms with Crippen molar-refractivity contribution in [1.82, 2.24) is 0 Å². The minimum absolute atomic E-state index is 0.125. The van der Waals surface area contributed by atoms with Crippen LogP contribution in [0.5, 0.6) is 0 Å². The van der Waals surface area contributed by atoms with E-state index in [9.17, 15) is 4.79 Å². The van der Waals surface area contributed by atoms with Gasteiger partial charge in [-0.15, -0.1) is 0 Å². The lowest BCUT2D eigenvalue weighted by atomic mass is 10.0. The molecule has 1 N–H and O–H groups in total. The molecule has 5 nitrogen and oxygen atoms in total. The molecule has 5 heteroatoms. The molecule has 0 fully saturated rings. The summed E-state index contributed by atoms with van der Waals surface area (Å²) in [5, 5.41) is 9.17. The van der Waals surface area contributed by atoms with Gasteiger partial charge in [0.1, 0.15) is 13.1 Å². The Morgan fingerprint density at radius 3 is 1.73 bits per heavy atom. The number of ether oxygens (including phenoxy) is 2. The number of aliphatic hydroxyl groups excluding tert-OH is 1. The van der Waals surface area contributed by atoms with Crippen LogP contribution in [0.3, 0.4) is 0 Å². The number of rotatable bonds is 22. The maximum absolute atomic E-state index is 11.3. The fraction of sp³-hybridized carbons (Fsp3) is 0.960. The number of carbonyl (C=O) groups is 1. The Hall–Kier alpha value is -0.650. The first-order valence-corrected chi connectivity index (χ1v) is 12.6. The first-order valence-electron chi connectivity index (χ1n) is 12.6. The van der Waals surface area contributed by atoms with Crippen molar-refractivity contribution in [2.24, 2.45) is 0 Å². The Balaban J connectivity index is 3.56. The second-order valence-electron chi connectivity index (χ2n) is 9.47. The quantitative estimate of drug-likeness (QED) is 0.140. The lowest BCUT2D eigenvalue weighted by Crippen LogP contribution is -2.49. The van der Waals surface area contributed by atoms with Crippen molar-refractivity contribution in [2.75, 3.05) is 47.0 Å². The predicted molar refractivity (Wildman–Crippen MR) is 126 cm³/mol. The number of hydrogen-bond donors (Lipinski definition) is 1. The standard InChI is InChI=1S/C25H52NO4/c1-5-6-7-8-9-10-11-12-13-14-15-16-17-18-21-29-23-25(30-24(2)28)22-26(3,4)19-20-27/h25,27H,5-23H2,1-4H3/q+1. The van der Waals surface area contributed by atoms with Crippen molar-refractivity contribution in [1.29, 1.82) is 0 Å². The van der Waals surface area contributed by atoms with E-state index in [0.717, 1.165) is 13.0 Å². The van der Waals surface area contributed by atoms with Gasteiger partial charge in [0.2, 0.25) is 0 Å². The molecule has 0 aromatic heterocycles. The van der Waals surface area contributed by atoms with Crippen LogP contribution in [0.15, 0.2) is 0 Å². The van der Waals surface area contributed by atoms with Gasteiger partial charge in [0.25, 0.3) is 0 Å². The zero-order valence-electron chi connectivity index (χ0n) is 20.6. The summed E-state index contributed by atoms with van der Waals surface area (Å²) in [4.78, 5) is 11.3. The predicted octanol–water partition coefficient (Wildman–Crippen LogP) is 5.48. The van der Waals surface area contributed by atoms with Crippen LogP contribution in [0.4, 0.5) is 0 Å². The van der Waals surface area contributed by atoms with E-state index in [1.54, 1.807) is 0 Å². The van der Waals surface area contributed by atoms with Crippen LogP contribution in [0, 0.1) is 0 Å². The van der Waals surface area contributed by atoms with Crippen molar-refractivity contribution in [3.8, 4) is 0 Å². The van der Waals surface area contributed by atoms with E-state index in [4.69, 9.17) is 14.6 Å². The molecule has 0 bridgehead atoms. The Morgan fingerprint density at radius 2 is 1.30 bits per heavy atom. The van der Waals surface area contributed by atoms with E-state index in [2.05, 4.69) is 6.92 Å². The molecule has 0 rings (SSSR count). The molecule has 30 heavy (non-hydrogen) atoms. The summed E-state index contributed by atoms with van der Waals surface area (Å²) in [6.07, 6.45) is 18.6. The molecule has 0 radical (unpaired) electrons. The van der Waals surface area contributed by atoms with Crippen LogP contribution in [0.1, 0.15) is 104 Å². The fourth-order valence-corrected chi connectivity index (χ4v) is 3.89. The van der Waals surface area contributed by atoms with Crippen LogP contribution < -0.4 is 0 Å². The fourth-order valence-electron chi connectivity index (χ4n) is 3.89. The van der Waals surface area contributed by atoms with Crippen LogP contribution in [-0.2, 0) is 14.3 Å². The topological polar surface area (TPSA) is 55.8 Å². The molecule has 180 valence electrons. The molecular weight excluding hydrogens is 378 g/mol. The van der Waals surface area contributed by atoms with Crippen molar-refractivity contribution < 1.29 is 23.9 Å². The highest BCUT2D eigenvalue weighted by Crippen LogP contribution is 2.13. The molecule has 0 aliphatic carbocycles. The van der Waals surface area contributed by atoms with E-state index in [-0.39, 0.29) is 18.7 Å². The van der Waals surface area contributed by atoms with Gasteiger partial charge in [0.15, 0.2) is 6.10 Å². The van der Waals surface area contributed by atoms with Crippen LogP contribution in [0.25, 0.3) is 0 Å². The third kappa shape index (κ3) is 20.6. The second-order valence-corrected chi connectivity index (χ2v) is 9.47. The average Bonchev–Trinajstić information content (AvgIpc) is 2.66. The third-order valence-electron chi connectivity index (χ3n) is 5.68. The number of carbonyl (C=O) groups excluding carboxylic acids is 1. The molecule has 0 spiro atoms. The summed E-state index contributed by atoms with van der Waals surface area (Å²) in [5.41, 5.74) is 0. The number of quaternary nitrogens is 1. The number of likely N-dealkylation sites (N-methyl/N-ethyl adjacent to an activating group) is 1. The van der Waals surface area contributed by atoms with Gasteiger partial charge in [-0.3, -0.25) is 4.79 Å². The Labute approximate surface area is 187 Å². The van der Waals surface area contributed by atoms with Gasteiger partial charge in [0, 0.05) is 13.5 Å². The lowest BCUT2D eigenvalue weighted by molar-refractivity contribution is -0.893. The zero-order valence-corrected chi connectivity index (χ0v) is 20.6. The van der Waals surface area contributed by atoms with Gasteiger partial charge in [-0.05, 0) is 6.42 Å². The summed E-state index contributed by atoms with van der Waals surface area (Å²) in [5.74, 6) is -0.274. The molecule has 0 saturated carbocycles. The average molecular weight is 431 g/mol. The lowest BCUT2D eigenvalue weighted by Gasteiger charge is -2.32. The molecule has 0 heterocycles. The third-order valence-corrected chi connectivity index (χ3v) is 5.68. The van der Waals surface area contributed by atoms with E-state index in [1.807, 2.05) is 14.1 Å². The second kappa shape index (κ2) is 20.3. The molecule has 1 atom stereocenters. The van der Waals surface area contributed by atoms with Crippen LogP contribution >= 0.6 is 0 Å². The molecule has 0 amide bonds. The van der Waals surface area contributed by atoms with Crippen molar-refractivity contribution in [3.63, 3.8) is 0 Å². The normalized spacial score (nSPS) is 12.8. The Morgan fingerprint density at radius 1 is 0.833 bits per heavy atom. The highest BCUT2D eigenvalue weighted by atomic mass is 16.6. The van der Waals surface area contributed by atoms with Gasteiger partial charge in [0.05, 0.1) is 27.3 Å². The molecule has 0 aromatic carbocycles. The Kier molecular flexibility index (Phi) is 19.8. The summed E-state index contributed by atoms with van der Waals surface area (Å²) in [7, 11) is 4.06. The van der Waals surface area contributed by atoms with E-state index < -0.39 is 0 Å². The van der Waals surface area contributed by atoms with Gasteiger partial charge in [-0.1, -0.05) is 90.4 Å². The van der Waals surface area contributed by atoms with Crippen molar-refractivity contribution in [3.05, 3.63) is 0 Å². The first kappa shape index (κ1) is 29.4. The maximum atomic E-state index is 11.3. The molecule has 0 aliphatic rings. The zero-order chi connectivity index (χ0) is 22.5. The number of hydrogen-bond acceptors (Lipinski definition) is 4.